The lowest BCUT2D eigenvalue weighted by Crippen LogP contribution is -2.42. The van der Waals surface area contributed by atoms with Crippen molar-refractivity contribution >= 4 is 23.5 Å². The van der Waals surface area contributed by atoms with Crippen molar-refractivity contribution in [1.82, 2.24) is 14.0 Å². The predicted molar refractivity (Wildman–Crippen MR) is 93.5 cm³/mol. The van der Waals surface area contributed by atoms with Crippen molar-refractivity contribution in [2.24, 2.45) is 14.1 Å². The lowest BCUT2D eigenvalue weighted by Gasteiger charge is -2.25. The summed E-state index contributed by atoms with van der Waals surface area (Å²) in [6.45, 7) is 0.392. The first-order chi connectivity index (χ1) is 11.4. The number of hydrogen-bond donors (Lipinski definition) is 1. The minimum Gasteiger partial charge on any atom is -0.384 e. The minimum atomic E-state index is -0.497. The first-order valence-electron chi connectivity index (χ1n) is 7.42. The predicted octanol–water partition coefficient (Wildman–Crippen LogP) is 0.440. The highest BCUT2D eigenvalue weighted by atomic mass is 32.2. The van der Waals surface area contributed by atoms with Gasteiger partial charge in [0.1, 0.15) is 11.2 Å². The zero-order valence-electron chi connectivity index (χ0n) is 13.4. The molecule has 2 aromatic rings. The van der Waals surface area contributed by atoms with Crippen molar-refractivity contribution in [2.45, 2.75) is 11.9 Å². The third-order valence-electron chi connectivity index (χ3n) is 4.16. The number of carbonyl (C=O) groups is 1. The van der Waals surface area contributed by atoms with Gasteiger partial charge in [-0.2, -0.15) is 0 Å². The molecule has 0 radical (unpaired) electrons. The Morgan fingerprint density at radius 2 is 1.79 bits per heavy atom. The number of benzene rings is 1. The normalized spacial score (nSPS) is 17.5. The Morgan fingerprint density at radius 3 is 2.46 bits per heavy atom. The molecular weight excluding hydrogens is 328 g/mol. The highest BCUT2D eigenvalue weighted by Gasteiger charge is 2.36. The summed E-state index contributed by atoms with van der Waals surface area (Å²) in [5, 5.41) is -0.497. The minimum absolute atomic E-state index is 0.0517. The van der Waals surface area contributed by atoms with E-state index in [9.17, 15) is 14.4 Å². The molecular formula is C16H18N4O3S. The largest absolute Gasteiger partial charge is 0.384 e. The van der Waals surface area contributed by atoms with Crippen LogP contribution in [0.5, 0.6) is 0 Å². The molecule has 0 saturated carbocycles. The first-order valence-corrected chi connectivity index (χ1v) is 8.47. The molecule has 2 N–H and O–H groups in total. The van der Waals surface area contributed by atoms with E-state index in [0.717, 1.165) is 10.1 Å². The zero-order chi connectivity index (χ0) is 17.4. The number of nitrogens with zero attached hydrogens (tertiary/aromatic N) is 3. The molecule has 1 aliphatic heterocycles. The van der Waals surface area contributed by atoms with Gasteiger partial charge < -0.3 is 10.6 Å². The molecule has 24 heavy (non-hydrogen) atoms. The molecule has 1 amide bonds. The molecule has 3 rings (SSSR count). The fourth-order valence-corrected chi connectivity index (χ4v) is 3.99. The van der Waals surface area contributed by atoms with Crippen LogP contribution in [0.25, 0.3) is 0 Å². The molecule has 2 heterocycles. The summed E-state index contributed by atoms with van der Waals surface area (Å²) in [6, 6.07) is 9.56. The number of hydrogen-bond acceptors (Lipinski definition) is 5. The Bertz CT molecular complexity index is 904. The van der Waals surface area contributed by atoms with E-state index in [1.165, 1.54) is 30.4 Å². The lowest BCUT2D eigenvalue weighted by molar-refractivity contribution is -0.128. The number of anilines is 1. The Balaban J connectivity index is 2.07. The molecule has 1 unspecified atom stereocenters. The average Bonchev–Trinajstić information content (AvgIpc) is 2.93. The maximum atomic E-state index is 12.6. The van der Waals surface area contributed by atoms with Crippen molar-refractivity contribution in [3.05, 3.63) is 62.3 Å². The molecule has 1 aromatic carbocycles. The first kappa shape index (κ1) is 16.4. The van der Waals surface area contributed by atoms with Crippen molar-refractivity contribution < 1.29 is 4.79 Å². The van der Waals surface area contributed by atoms with E-state index >= 15 is 0 Å². The van der Waals surface area contributed by atoms with Gasteiger partial charge in [0, 0.05) is 20.6 Å². The monoisotopic (exact) mass is 346 g/mol. The van der Waals surface area contributed by atoms with Crippen LogP contribution in [-0.4, -0.2) is 25.7 Å². The van der Waals surface area contributed by atoms with Gasteiger partial charge in [-0.1, -0.05) is 30.3 Å². The van der Waals surface area contributed by atoms with E-state index in [4.69, 9.17) is 5.73 Å². The van der Waals surface area contributed by atoms with Crippen LogP contribution < -0.4 is 17.0 Å². The molecule has 1 fully saturated rings. The molecule has 7 nitrogen and oxygen atoms in total. The number of thioether (sulfide) groups is 1. The number of carbonyl (C=O) groups excluding carboxylic acids is 1. The molecule has 0 spiro atoms. The highest BCUT2D eigenvalue weighted by Crippen LogP contribution is 2.39. The Hall–Kier alpha value is -2.48. The van der Waals surface area contributed by atoms with Gasteiger partial charge >= 0.3 is 5.69 Å². The van der Waals surface area contributed by atoms with Crippen LogP contribution in [0.3, 0.4) is 0 Å². The van der Waals surface area contributed by atoms with Gasteiger partial charge in [-0.05, 0) is 5.56 Å². The Morgan fingerprint density at radius 1 is 1.12 bits per heavy atom. The van der Waals surface area contributed by atoms with Gasteiger partial charge in [0.2, 0.25) is 5.91 Å². The number of aromatic nitrogens is 2. The fraction of sp³-hybridized carbons (Fsp3) is 0.312. The second-order valence-corrected chi connectivity index (χ2v) is 6.74. The maximum absolute atomic E-state index is 12.6. The molecule has 1 aromatic heterocycles. The molecule has 0 aliphatic carbocycles. The number of amides is 1. The molecule has 1 saturated heterocycles. The SMILES string of the molecule is Cn1c(N)c(C2SCC(=O)N2Cc2ccccc2)c(=O)n(C)c1=O. The van der Waals surface area contributed by atoms with Crippen LogP contribution in [0.2, 0.25) is 0 Å². The quantitative estimate of drug-likeness (QED) is 0.871. The number of nitrogen functional groups attached to an aromatic ring is 1. The van der Waals surface area contributed by atoms with Gasteiger partial charge in [0.15, 0.2) is 0 Å². The van der Waals surface area contributed by atoms with Gasteiger partial charge in [0.05, 0.1) is 11.3 Å². The Labute approximate surface area is 142 Å². The molecule has 1 aliphatic rings. The topological polar surface area (TPSA) is 90.3 Å². The van der Waals surface area contributed by atoms with Crippen molar-refractivity contribution in [2.75, 3.05) is 11.5 Å². The molecule has 126 valence electrons. The summed E-state index contributed by atoms with van der Waals surface area (Å²) in [6.07, 6.45) is 0. The third-order valence-corrected chi connectivity index (χ3v) is 5.38. The number of nitrogens with two attached hydrogens (primary N) is 1. The summed E-state index contributed by atoms with van der Waals surface area (Å²) in [4.78, 5) is 38.5. The van der Waals surface area contributed by atoms with Crippen molar-refractivity contribution in [3.63, 3.8) is 0 Å². The summed E-state index contributed by atoms with van der Waals surface area (Å²) in [5.41, 5.74) is 6.35. The molecule has 0 bridgehead atoms. The van der Waals surface area contributed by atoms with Crippen molar-refractivity contribution in [3.8, 4) is 0 Å². The molecule has 1 atom stereocenters. The van der Waals surface area contributed by atoms with Gasteiger partial charge in [-0.3, -0.25) is 18.7 Å². The van der Waals surface area contributed by atoms with Crippen LogP contribution >= 0.6 is 11.8 Å². The van der Waals surface area contributed by atoms with Crippen LogP contribution in [-0.2, 0) is 25.4 Å². The standard InChI is InChI=1S/C16H18N4O3S/c1-18-13(17)12(14(22)19(2)16(18)23)15-20(11(21)9-24-15)8-10-6-4-3-5-7-10/h3-7,15H,8-9,17H2,1-2H3. The van der Waals surface area contributed by atoms with E-state index in [1.54, 1.807) is 4.90 Å². The van der Waals surface area contributed by atoms with Crippen LogP contribution in [0.1, 0.15) is 16.5 Å². The van der Waals surface area contributed by atoms with Crippen LogP contribution in [0.4, 0.5) is 5.82 Å². The van der Waals surface area contributed by atoms with Gasteiger partial charge in [-0.25, -0.2) is 4.79 Å². The van der Waals surface area contributed by atoms with E-state index < -0.39 is 16.6 Å². The smallest absolute Gasteiger partial charge is 0.332 e. The van der Waals surface area contributed by atoms with E-state index in [1.807, 2.05) is 30.3 Å². The molecule has 8 heteroatoms. The van der Waals surface area contributed by atoms with E-state index in [2.05, 4.69) is 0 Å². The van der Waals surface area contributed by atoms with E-state index in [-0.39, 0.29) is 23.0 Å². The lowest BCUT2D eigenvalue weighted by atomic mass is 10.2. The summed E-state index contributed by atoms with van der Waals surface area (Å²) < 4.78 is 2.26. The zero-order valence-corrected chi connectivity index (χ0v) is 14.2. The van der Waals surface area contributed by atoms with Gasteiger partial charge in [-0.15, -0.1) is 11.8 Å². The second-order valence-electron chi connectivity index (χ2n) is 5.68. The maximum Gasteiger partial charge on any atom is 0.332 e. The fourth-order valence-electron chi connectivity index (χ4n) is 2.76. The number of rotatable bonds is 3. The van der Waals surface area contributed by atoms with Crippen LogP contribution in [0, 0.1) is 0 Å². The third kappa shape index (κ3) is 2.62. The summed E-state index contributed by atoms with van der Waals surface area (Å²) >= 11 is 1.35. The summed E-state index contributed by atoms with van der Waals surface area (Å²) in [5.74, 6) is 0.334. The second kappa shape index (κ2) is 6.20. The Kier molecular flexibility index (Phi) is 4.23. The van der Waals surface area contributed by atoms with Crippen LogP contribution in [0.15, 0.2) is 39.9 Å². The van der Waals surface area contributed by atoms with Crippen molar-refractivity contribution in [1.29, 1.82) is 0 Å². The summed E-state index contributed by atoms with van der Waals surface area (Å²) in [7, 11) is 2.93. The van der Waals surface area contributed by atoms with E-state index in [0.29, 0.717) is 6.54 Å². The van der Waals surface area contributed by atoms with Gasteiger partial charge in [0.25, 0.3) is 5.56 Å². The highest BCUT2D eigenvalue weighted by molar-refractivity contribution is 8.00. The average molecular weight is 346 g/mol.